The van der Waals surface area contributed by atoms with Crippen molar-refractivity contribution in [3.63, 3.8) is 0 Å². The predicted molar refractivity (Wildman–Crippen MR) is 82.8 cm³/mol. The van der Waals surface area contributed by atoms with Crippen LogP contribution in [0.2, 0.25) is 0 Å². The van der Waals surface area contributed by atoms with Gasteiger partial charge in [0.25, 0.3) is 0 Å². The number of Topliss-reactive ketones (excluding diaryl/α,β-unsaturated/α-hetero) is 1. The van der Waals surface area contributed by atoms with Crippen molar-refractivity contribution in [3.05, 3.63) is 35.3 Å². The third kappa shape index (κ3) is 1.84. The normalized spacial score (nSPS) is 28.5. The lowest BCUT2D eigenvalue weighted by atomic mass is 9.72. The standard InChI is InChI=1S/C17H21N3O2/c1-17(2)9-14-16(15(21)10-17)11(18-22)8-13-12-4-3-5-19(12)6-7-20(13)14/h3-5,13,22H,6-10H2,1-2H3. The van der Waals surface area contributed by atoms with Crippen molar-refractivity contribution in [1.29, 1.82) is 0 Å². The van der Waals surface area contributed by atoms with Crippen LogP contribution in [-0.4, -0.2) is 32.7 Å². The van der Waals surface area contributed by atoms with Gasteiger partial charge in [-0.2, -0.15) is 0 Å². The Bertz CT molecular complexity index is 711. The molecule has 1 aromatic heterocycles. The average Bonchev–Trinajstić information content (AvgIpc) is 2.93. The zero-order valence-electron chi connectivity index (χ0n) is 13.0. The Morgan fingerprint density at radius 3 is 2.91 bits per heavy atom. The van der Waals surface area contributed by atoms with Gasteiger partial charge < -0.3 is 14.7 Å². The van der Waals surface area contributed by atoms with Crippen LogP contribution in [-0.2, 0) is 11.3 Å². The third-order valence-corrected chi connectivity index (χ3v) is 5.16. The van der Waals surface area contributed by atoms with Crippen LogP contribution < -0.4 is 0 Å². The minimum absolute atomic E-state index is 0.0299. The first-order valence-electron chi connectivity index (χ1n) is 7.89. The summed E-state index contributed by atoms with van der Waals surface area (Å²) in [5.41, 5.74) is 3.54. The summed E-state index contributed by atoms with van der Waals surface area (Å²) in [5.74, 6) is 0.124. The molecule has 22 heavy (non-hydrogen) atoms. The molecule has 2 aliphatic heterocycles. The van der Waals surface area contributed by atoms with E-state index in [0.29, 0.717) is 24.1 Å². The van der Waals surface area contributed by atoms with Crippen LogP contribution in [0, 0.1) is 5.41 Å². The van der Waals surface area contributed by atoms with Gasteiger partial charge in [-0.1, -0.05) is 19.0 Å². The summed E-state index contributed by atoms with van der Waals surface area (Å²) < 4.78 is 2.26. The van der Waals surface area contributed by atoms with E-state index in [-0.39, 0.29) is 17.2 Å². The number of ketones is 1. The van der Waals surface area contributed by atoms with E-state index in [2.05, 4.69) is 46.8 Å². The molecule has 1 aromatic rings. The van der Waals surface area contributed by atoms with Crippen LogP contribution in [0.1, 0.15) is 44.8 Å². The first-order valence-corrected chi connectivity index (χ1v) is 7.89. The molecule has 0 aromatic carbocycles. The SMILES string of the molecule is CC1(C)CC(=O)C2=C(C1)N1CCn3cccc3C1CC2=NO. The second-order valence-corrected chi connectivity index (χ2v) is 7.35. The summed E-state index contributed by atoms with van der Waals surface area (Å²) in [6.07, 6.45) is 4.10. The van der Waals surface area contributed by atoms with E-state index >= 15 is 0 Å². The van der Waals surface area contributed by atoms with Gasteiger partial charge in [-0.3, -0.25) is 4.79 Å². The minimum atomic E-state index is -0.0299. The van der Waals surface area contributed by atoms with Gasteiger partial charge in [0.2, 0.25) is 0 Å². The summed E-state index contributed by atoms with van der Waals surface area (Å²) >= 11 is 0. The van der Waals surface area contributed by atoms with Crippen molar-refractivity contribution < 1.29 is 10.0 Å². The lowest BCUT2D eigenvalue weighted by Gasteiger charge is -2.47. The van der Waals surface area contributed by atoms with Gasteiger partial charge in [-0.15, -0.1) is 0 Å². The lowest BCUT2D eigenvalue weighted by molar-refractivity contribution is -0.118. The highest BCUT2D eigenvalue weighted by atomic mass is 16.4. The van der Waals surface area contributed by atoms with E-state index < -0.39 is 0 Å². The van der Waals surface area contributed by atoms with Gasteiger partial charge >= 0.3 is 0 Å². The van der Waals surface area contributed by atoms with Crippen molar-refractivity contribution >= 4 is 11.5 Å². The molecule has 4 rings (SSSR count). The highest BCUT2D eigenvalue weighted by Crippen LogP contribution is 2.46. The van der Waals surface area contributed by atoms with Crippen LogP contribution in [0.5, 0.6) is 0 Å². The Balaban J connectivity index is 1.86. The fraction of sp³-hybridized carbons (Fsp3) is 0.529. The Morgan fingerprint density at radius 1 is 1.32 bits per heavy atom. The second-order valence-electron chi connectivity index (χ2n) is 7.35. The van der Waals surface area contributed by atoms with Gasteiger partial charge in [-0.05, 0) is 24.0 Å². The zero-order chi connectivity index (χ0) is 15.5. The maximum atomic E-state index is 12.6. The number of hydrogen-bond acceptors (Lipinski definition) is 4. The molecular weight excluding hydrogens is 278 g/mol. The molecule has 0 spiro atoms. The van der Waals surface area contributed by atoms with E-state index in [1.807, 2.05) is 0 Å². The molecule has 0 saturated heterocycles. The Labute approximate surface area is 129 Å². The molecule has 5 nitrogen and oxygen atoms in total. The number of aromatic nitrogens is 1. The summed E-state index contributed by atoms with van der Waals surface area (Å²) in [4.78, 5) is 15.0. The Hall–Kier alpha value is -2.04. The number of hydrogen-bond donors (Lipinski definition) is 1. The highest BCUT2D eigenvalue weighted by molar-refractivity contribution is 6.24. The fourth-order valence-corrected chi connectivity index (χ4v) is 4.24. The maximum Gasteiger partial charge on any atom is 0.167 e. The van der Waals surface area contributed by atoms with E-state index in [9.17, 15) is 10.0 Å². The number of oxime groups is 1. The first-order chi connectivity index (χ1) is 10.5. The van der Waals surface area contributed by atoms with Crippen LogP contribution >= 0.6 is 0 Å². The minimum Gasteiger partial charge on any atom is -0.411 e. The lowest BCUT2D eigenvalue weighted by Crippen LogP contribution is -2.46. The average molecular weight is 299 g/mol. The third-order valence-electron chi connectivity index (χ3n) is 5.16. The van der Waals surface area contributed by atoms with Crippen molar-refractivity contribution in [1.82, 2.24) is 9.47 Å². The molecule has 0 saturated carbocycles. The molecule has 116 valence electrons. The monoisotopic (exact) mass is 299 g/mol. The molecular formula is C17H21N3O2. The molecule has 0 radical (unpaired) electrons. The van der Waals surface area contributed by atoms with Gasteiger partial charge in [0, 0.05) is 43.5 Å². The summed E-state index contributed by atoms with van der Waals surface area (Å²) in [5, 5.41) is 12.9. The van der Waals surface area contributed by atoms with Crippen LogP contribution in [0.15, 0.2) is 34.8 Å². The van der Waals surface area contributed by atoms with Crippen LogP contribution in [0.25, 0.3) is 0 Å². The summed E-state index contributed by atoms with van der Waals surface area (Å²) in [6.45, 7) is 6.13. The van der Waals surface area contributed by atoms with Crippen molar-refractivity contribution in [2.45, 2.75) is 45.7 Å². The van der Waals surface area contributed by atoms with Crippen molar-refractivity contribution in [2.75, 3.05) is 6.54 Å². The number of carbonyl (C=O) groups excluding carboxylic acids is 1. The van der Waals surface area contributed by atoms with E-state index in [1.165, 1.54) is 5.69 Å². The molecule has 3 aliphatic rings. The summed E-state index contributed by atoms with van der Waals surface area (Å²) in [6, 6.07) is 4.37. The Kier molecular flexibility index (Phi) is 2.77. The molecule has 1 atom stereocenters. The predicted octanol–water partition coefficient (Wildman–Crippen LogP) is 2.72. The van der Waals surface area contributed by atoms with Gasteiger partial charge in [0.05, 0.1) is 17.3 Å². The van der Waals surface area contributed by atoms with Crippen molar-refractivity contribution in [2.24, 2.45) is 10.6 Å². The molecule has 5 heteroatoms. The number of rotatable bonds is 0. The second kappa shape index (κ2) is 4.48. The molecule has 0 bridgehead atoms. The summed E-state index contributed by atoms with van der Waals surface area (Å²) in [7, 11) is 0. The smallest absolute Gasteiger partial charge is 0.167 e. The van der Waals surface area contributed by atoms with Gasteiger partial charge in [-0.25, -0.2) is 0 Å². The largest absolute Gasteiger partial charge is 0.411 e. The zero-order valence-corrected chi connectivity index (χ0v) is 13.0. The van der Waals surface area contributed by atoms with Crippen molar-refractivity contribution in [3.8, 4) is 0 Å². The van der Waals surface area contributed by atoms with Gasteiger partial charge in [0.1, 0.15) is 0 Å². The van der Waals surface area contributed by atoms with Crippen LogP contribution in [0.4, 0.5) is 0 Å². The van der Waals surface area contributed by atoms with Gasteiger partial charge in [0.15, 0.2) is 5.78 Å². The molecule has 1 aliphatic carbocycles. The van der Waals surface area contributed by atoms with E-state index in [1.54, 1.807) is 0 Å². The molecule has 3 heterocycles. The maximum absolute atomic E-state index is 12.6. The number of fused-ring (bicyclic) bond motifs is 4. The number of allylic oxidation sites excluding steroid dienone is 2. The molecule has 1 N–H and O–H groups in total. The van der Waals surface area contributed by atoms with E-state index in [0.717, 1.165) is 25.2 Å². The molecule has 0 amide bonds. The number of carbonyl (C=O) groups is 1. The number of nitrogens with zero attached hydrogens (tertiary/aromatic N) is 3. The first kappa shape index (κ1) is 13.6. The Morgan fingerprint density at radius 2 is 2.14 bits per heavy atom. The molecule has 0 fully saturated rings. The topological polar surface area (TPSA) is 57.8 Å². The fourth-order valence-electron chi connectivity index (χ4n) is 4.24. The van der Waals surface area contributed by atoms with Crippen LogP contribution in [0.3, 0.4) is 0 Å². The molecule has 1 unspecified atom stereocenters. The van der Waals surface area contributed by atoms with E-state index in [4.69, 9.17) is 0 Å². The quantitative estimate of drug-likeness (QED) is 0.592. The highest BCUT2D eigenvalue weighted by Gasteiger charge is 2.44.